The summed E-state index contributed by atoms with van der Waals surface area (Å²) < 4.78 is 66.9. The Morgan fingerprint density at radius 1 is 0.939 bits per heavy atom. The number of benzene rings is 3. The molecule has 0 fully saturated rings. The van der Waals surface area contributed by atoms with Gasteiger partial charge in [0.05, 0.1) is 17.1 Å². The smallest absolute Gasteiger partial charge is 0.395 e. The lowest BCUT2D eigenvalue weighted by Crippen LogP contribution is -2.39. The van der Waals surface area contributed by atoms with Gasteiger partial charge >= 0.3 is 6.18 Å². The van der Waals surface area contributed by atoms with Crippen molar-refractivity contribution in [2.75, 3.05) is 6.61 Å². The van der Waals surface area contributed by atoms with Gasteiger partial charge in [0.15, 0.2) is 0 Å². The van der Waals surface area contributed by atoms with Crippen LogP contribution in [-0.2, 0) is 22.6 Å². The minimum absolute atomic E-state index is 0.0442. The maximum absolute atomic E-state index is 13.0. The Morgan fingerprint density at radius 3 is 2.36 bits per heavy atom. The zero-order valence-electron chi connectivity index (χ0n) is 17.3. The summed E-state index contributed by atoms with van der Waals surface area (Å²) >= 11 is 0. The number of H-pyrrole nitrogens is 1. The van der Waals surface area contributed by atoms with Crippen molar-refractivity contribution in [1.82, 2.24) is 9.71 Å². The first-order valence-corrected chi connectivity index (χ1v) is 11.6. The summed E-state index contributed by atoms with van der Waals surface area (Å²) in [5, 5.41) is 10.7. The lowest BCUT2D eigenvalue weighted by molar-refractivity contribution is -0.137. The molecule has 0 amide bonds. The number of aliphatic hydroxyl groups is 1. The number of aromatic nitrogens is 1. The number of aliphatic hydroxyl groups excluding tert-OH is 1. The van der Waals surface area contributed by atoms with Crippen LogP contribution in [0.25, 0.3) is 22.0 Å². The third kappa shape index (κ3) is 5.11. The average Bonchev–Trinajstić information content (AvgIpc) is 3.21. The molecule has 33 heavy (non-hydrogen) atoms. The van der Waals surface area contributed by atoms with Crippen LogP contribution in [-0.4, -0.2) is 31.2 Å². The summed E-state index contributed by atoms with van der Waals surface area (Å²) in [5.74, 6) is 0. The molecule has 0 spiro atoms. The molecule has 3 aromatic carbocycles. The fraction of sp³-hybridized carbons (Fsp3) is 0.167. The highest BCUT2D eigenvalue weighted by atomic mass is 32.2. The Balaban J connectivity index is 1.55. The molecule has 4 rings (SSSR count). The summed E-state index contributed by atoms with van der Waals surface area (Å²) in [4.78, 5) is 3.08. The Morgan fingerprint density at radius 2 is 1.67 bits per heavy atom. The van der Waals surface area contributed by atoms with Gasteiger partial charge in [0.2, 0.25) is 10.0 Å². The predicted octanol–water partition coefficient (Wildman–Crippen LogP) is 4.74. The highest BCUT2D eigenvalue weighted by molar-refractivity contribution is 7.89. The third-order valence-corrected chi connectivity index (χ3v) is 6.89. The van der Waals surface area contributed by atoms with Crippen molar-refractivity contribution in [3.05, 3.63) is 90.1 Å². The Hall–Kier alpha value is -3.14. The molecular formula is C24H21F3N2O3S. The van der Waals surface area contributed by atoms with E-state index in [0.29, 0.717) is 11.1 Å². The minimum Gasteiger partial charge on any atom is -0.395 e. The molecule has 0 aliphatic rings. The molecule has 3 N–H and O–H groups in total. The number of aromatic amines is 1. The van der Waals surface area contributed by atoms with Gasteiger partial charge < -0.3 is 10.1 Å². The monoisotopic (exact) mass is 474 g/mol. The van der Waals surface area contributed by atoms with Gasteiger partial charge in [0.1, 0.15) is 0 Å². The number of hydrogen-bond donors (Lipinski definition) is 3. The van der Waals surface area contributed by atoms with Crippen LogP contribution in [0.3, 0.4) is 0 Å². The molecule has 4 aromatic rings. The number of nitrogens with one attached hydrogen (secondary N) is 2. The lowest BCUT2D eigenvalue weighted by atomic mass is 10.0. The number of alkyl halides is 3. The fourth-order valence-electron chi connectivity index (χ4n) is 3.69. The van der Waals surface area contributed by atoms with Crippen LogP contribution in [0.2, 0.25) is 0 Å². The van der Waals surface area contributed by atoms with E-state index < -0.39 is 34.4 Å². The molecule has 9 heteroatoms. The summed E-state index contributed by atoms with van der Waals surface area (Å²) in [7, 11) is -3.99. The second-order valence-corrected chi connectivity index (χ2v) is 9.38. The van der Waals surface area contributed by atoms with Gasteiger partial charge in [-0.3, -0.25) is 0 Å². The van der Waals surface area contributed by atoms with Gasteiger partial charge in [-0.2, -0.15) is 13.2 Å². The number of hydrogen-bond acceptors (Lipinski definition) is 3. The van der Waals surface area contributed by atoms with Crippen LogP contribution in [0.4, 0.5) is 13.2 Å². The number of para-hydroxylation sites is 1. The van der Waals surface area contributed by atoms with Crippen molar-refractivity contribution in [2.24, 2.45) is 0 Å². The summed E-state index contributed by atoms with van der Waals surface area (Å²) in [6.07, 6.45) is -2.39. The van der Waals surface area contributed by atoms with Gasteiger partial charge in [-0.25, -0.2) is 13.1 Å². The summed E-state index contributed by atoms with van der Waals surface area (Å²) in [6, 6.07) is 17.3. The third-order valence-electron chi connectivity index (χ3n) is 5.37. The molecule has 0 bridgehead atoms. The van der Waals surface area contributed by atoms with Crippen LogP contribution in [0.1, 0.15) is 11.1 Å². The van der Waals surface area contributed by atoms with E-state index in [1.807, 2.05) is 24.3 Å². The highest BCUT2D eigenvalue weighted by Crippen LogP contribution is 2.31. The fourth-order valence-corrected chi connectivity index (χ4v) is 4.96. The van der Waals surface area contributed by atoms with E-state index in [-0.39, 0.29) is 11.3 Å². The topological polar surface area (TPSA) is 82.2 Å². The van der Waals surface area contributed by atoms with Crippen LogP contribution >= 0.6 is 0 Å². The van der Waals surface area contributed by atoms with Crippen LogP contribution in [0.15, 0.2) is 83.9 Å². The number of fused-ring (bicyclic) bond motifs is 1. The normalized spacial score (nSPS) is 13.3. The zero-order valence-corrected chi connectivity index (χ0v) is 18.1. The number of rotatable bonds is 7. The van der Waals surface area contributed by atoms with E-state index in [2.05, 4.69) is 9.71 Å². The van der Waals surface area contributed by atoms with Crippen LogP contribution in [0.5, 0.6) is 0 Å². The molecular weight excluding hydrogens is 453 g/mol. The van der Waals surface area contributed by atoms with Gasteiger partial charge in [-0.1, -0.05) is 42.5 Å². The van der Waals surface area contributed by atoms with E-state index in [9.17, 15) is 26.7 Å². The standard InChI is InChI=1S/C24H21F3N2O3S/c25-24(26,27)19-10-8-16(9-11-19)17-4-3-5-21(13-17)33(31,32)29-20(15-30)12-18-14-28-23-7-2-1-6-22(18)23/h1-11,13-14,20,28-30H,12,15H2/t20-/m1/s1. The quantitative estimate of drug-likeness (QED) is 0.362. The Bertz CT molecular complexity index is 1360. The molecule has 0 radical (unpaired) electrons. The van der Waals surface area contributed by atoms with Crippen molar-refractivity contribution in [3.8, 4) is 11.1 Å². The maximum Gasteiger partial charge on any atom is 0.416 e. The predicted molar refractivity (Wildman–Crippen MR) is 120 cm³/mol. The lowest BCUT2D eigenvalue weighted by Gasteiger charge is -2.17. The van der Waals surface area contributed by atoms with Crippen molar-refractivity contribution in [1.29, 1.82) is 0 Å². The van der Waals surface area contributed by atoms with Gasteiger partial charge in [-0.05, 0) is 53.4 Å². The number of halogens is 3. The van der Waals surface area contributed by atoms with Gasteiger partial charge in [0.25, 0.3) is 0 Å². The first-order chi connectivity index (χ1) is 15.7. The number of sulfonamides is 1. The second kappa shape index (κ2) is 9.01. The molecule has 0 saturated carbocycles. The molecule has 1 heterocycles. The Labute approximate surface area is 188 Å². The molecule has 1 aromatic heterocycles. The van der Waals surface area contributed by atoms with E-state index in [1.54, 1.807) is 12.3 Å². The first-order valence-electron chi connectivity index (χ1n) is 10.1. The molecule has 172 valence electrons. The first kappa shape index (κ1) is 23.0. The van der Waals surface area contributed by atoms with E-state index in [0.717, 1.165) is 28.6 Å². The molecule has 0 aliphatic heterocycles. The highest BCUT2D eigenvalue weighted by Gasteiger charge is 2.30. The summed E-state index contributed by atoms with van der Waals surface area (Å²) in [6.45, 7) is -0.405. The molecule has 0 saturated heterocycles. The van der Waals surface area contributed by atoms with Crippen LogP contribution < -0.4 is 4.72 Å². The largest absolute Gasteiger partial charge is 0.416 e. The van der Waals surface area contributed by atoms with Crippen molar-refractivity contribution >= 4 is 20.9 Å². The average molecular weight is 475 g/mol. The van der Waals surface area contributed by atoms with Crippen LogP contribution in [0, 0.1) is 0 Å². The molecule has 0 aliphatic carbocycles. The molecule has 1 atom stereocenters. The van der Waals surface area contributed by atoms with E-state index >= 15 is 0 Å². The SMILES string of the molecule is O=S(=O)(N[C@@H](CO)Cc1c[nH]c2ccccc12)c1cccc(-c2ccc(C(F)(F)F)cc2)c1. The minimum atomic E-state index is -4.45. The van der Waals surface area contributed by atoms with Crippen molar-refractivity contribution < 1.29 is 26.7 Å². The Kier molecular flexibility index (Phi) is 6.29. The summed E-state index contributed by atoms with van der Waals surface area (Å²) in [5.41, 5.74) is 1.92. The van der Waals surface area contributed by atoms with E-state index in [1.165, 1.54) is 30.3 Å². The zero-order chi connectivity index (χ0) is 23.6. The van der Waals surface area contributed by atoms with Gasteiger partial charge in [-0.15, -0.1) is 0 Å². The van der Waals surface area contributed by atoms with E-state index in [4.69, 9.17) is 0 Å². The van der Waals surface area contributed by atoms with Gasteiger partial charge in [0, 0.05) is 23.1 Å². The molecule has 0 unspecified atom stereocenters. The van der Waals surface area contributed by atoms with Crippen molar-refractivity contribution in [2.45, 2.75) is 23.5 Å². The molecule has 5 nitrogen and oxygen atoms in total. The maximum atomic E-state index is 13.0. The van der Waals surface area contributed by atoms with Crippen molar-refractivity contribution in [3.63, 3.8) is 0 Å². The second-order valence-electron chi connectivity index (χ2n) is 7.67.